The Bertz CT molecular complexity index is 354. The molecule has 0 nitrogen and oxygen atoms in total. The van der Waals surface area contributed by atoms with Crippen molar-refractivity contribution in [1.82, 2.24) is 0 Å². The van der Waals surface area contributed by atoms with Gasteiger partial charge in [-0.15, -0.1) is 0 Å². The molecule has 3 unspecified atom stereocenters. The molecule has 0 heterocycles. The van der Waals surface area contributed by atoms with E-state index in [1.807, 2.05) is 12.1 Å². The smallest absolute Gasteiger partial charge is 0.0406 e. The lowest BCUT2D eigenvalue weighted by Crippen LogP contribution is -2.19. The SMILES string of the molecule is Clc1ccc(CC2CCC3CCC2C3)cc1. The van der Waals surface area contributed by atoms with Crippen LogP contribution in [0.5, 0.6) is 0 Å². The predicted octanol–water partition coefficient (Wildman–Crippen LogP) is 4.71. The Morgan fingerprint density at radius 3 is 2.56 bits per heavy atom. The molecule has 0 saturated heterocycles. The maximum Gasteiger partial charge on any atom is 0.0406 e. The Labute approximate surface area is 103 Å². The Balaban J connectivity index is 1.68. The fourth-order valence-corrected chi connectivity index (χ4v) is 3.81. The van der Waals surface area contributed by atoms with E-state index in [0.717, 1.165) is 22.8 Å². The molecular weight excluding hydrogens is 216 g/mol. The maximum absolute atomic E-state index is 5.92. The minimum Gasteiger partial charge on any atom is -0.0843 e. The molecule has 2 bridgehead atoms. The van der Waals surface area contributed by atoms with Gasteiger partial charge in [-0.3, -0.25) is 0 Å². The van der Waals surface area contributed by atoms with E-state index < -0.39 is 0 Å². The molecule has 16 heavy (non-hydrogen) atoms. The van der Waals surface area contributed by atoms with Crippen LogP contribution in [0, 0.1) is 17.8 Å². The van der Waals surface area contributed by atoms with Crippen LogP contribution in [0.3, 0.4) is 0 Å². The van der Waals surface area contributed by atoms with Crippen LogP contribution < -0.4 is 0 Å². The molecular formula is C15H19Cl. The third-order valence-corrected chi connectivity index (χ3v) is 4.86. The molecule has 0 radical (unpaired) electrons. The highest BCUT2D eigenvalue weighted by molar-refractivity contribution is 6.30. The van der Waals surface area contributed by atoms with Gasteiger partial charge in [-0.2, -0.15) is 0 Å². The van der Waals surface area contributed by atoms with Gasteiger partial charge in [-0.25, -0.2) is 0 Å². The maximum atomic E-state index is 5.92. The number of fused-ring (bicyclic) bond motifs is 2. The van der Waals surface area contributed by atoms with Crippen molar-refractivity contribution in [3.8, 4) is 0 Å². The van der Waals surface area contributed by atoms with Crippen LogP contribution in [0.4, 0.5) is 0 Å². The zero-order valence-electron chi connectivity index (χ0n) is 9.66. The summed E-state index contributed by atoms with van der Waals surface area (Å²) in [6.45, 7) is 0. The van der Waals surface area contributed by atoms with Crippen LogP contribution in [0.15, 0.2) is 24.3 Å². The lowest BCUT2D eigenvalue weighted by molar-refractivity contribution is 0.245. The first-order valence-corrected chi connectivity index (χ1v) is 6.93. The van der Waals surface area contributed by atoms with Crippen molar-refractivity contribution in [2.45, 2.75) is 38.5 Å². The molecule has 0 aliphatic heterocycles. The van der Waals surface area contributed by atoms with Gasteiger partial charge in [0.15, 0.2) is 0 Å². The first-order chi connectivity index (χ1) is 7.81. The van der Waals surface area contributed by atoms with Crippen LogP contribution in [-0.4, -0.2) is 0 Å². The van der Waals surface area contributed by atoms with Gasteiger partial charge in [-0.05, 0) is 61.1 Å². The summed E-state index contributed by atoms with van der Waals surface area (Å²) in [6.07, 6.45) is 8.71. The fraction of sp³-hybridized carbons (Fsp3) is 0.600. The van der Waals surface area contributed by atoms with E-state index in [9.17, 15) is 0 Å². The second-order valence-corrected chi connectivity index (χ2v) is 6.04. The quantitative estimate of drug-likeness (QED) is 0.695. The van der Waals surface area contributed by atoms with E-state index >= 15 is 0 Å². The molecule has 0 N–H and O–H groups in total. The van der Waals surface area contributed by atoms with Crippen molar-refractivity contribution in [1.29, 1.82) is 0 Å². The van der Waals surface area contributed by atoms with E-state index in [0.29, 0.717) is 0 Å². The van der Waals surface area contributed by atoms with Gasteiger partial charge in [0, 0.05) is 5.02 Å². The summed E-state index contributed by atoms with van der Waals surface area (Å²) in [5.41, 5.74) is 1.47. The van der Waals surface area contributed by atoms with E-state index in [1.165, 1.54) is 44.1 Å². The van der Waals surface area contributed by atoms with E-state index in [1.54, 1.807) is 0 Å². The molecule has 2 aliphatic rings. The Morgan fingerprint density at radius 2 is 1.75 bits per heavy atom. The normalized spacial score (nSPS) is 32.9. The topological polar surface area (TPSA) is 0 Å². The lowest BCUT2D eigenvalue weighted by Gasteiger charge is -2.28. The first kappa shape index (κ1) is 10.7. The van der Waals surface area contributed by atoms with Crippen LogP contribution in [0.2, 0.25) is 5.02 Å². The van der Waals surface area contributed by atoms with Crippen molar-refractivity contribution in [2.24, 2.45) is 17.8 Å². The van der Waals surface area contributed by atoms with Gasteiger partial charge in [0.2, 0.25) is 0 Å². The molecule has 3 rings (SSSR count). The van der Waals surface area contributed by atoms with Crippen LogP contribution in [0.1, 0.15) is 37.7 Å². The van der Waals surface area contributed by atoms with Gasteiger partial charge >= 0.3 is 0 Å². The van der Waals surface area contributed by atoms with Crippen LogP contribution >= 0.6 is 11.6 Å². The van der Waals surface area contributed by atoms with Crippen molar-refractivity contribution in [2.75, 3.05) is 0 Å². The van der Waals surface area contributed by atoms with E-state index in [4.69, 9.17) is 11.6 Å². The highest BCUT2D eigenvalue weighted by atomic mass is 35.5. The fourth-order valence-electron chi connectivity index (χ4n) is 3.68. The molecule has 1 aromatic carbocycles. The predicted molar refractivity (Wildman–Crippen MR) is 68.7 cm³/mol. The summed E-state index contributed by atoms with van der Waals surface area (Å²) in [4.78, 5) is 0. The number of hydrogen-bond acceptors (Lipinski definition) is 0. The summed E-state index contributed by atoms with van der Waals surface area (Å²) in [5, 5.41) is 0.855. The monoisotopic (exact) mass is 234 g/mol. The van der Waals surface area contributed by atoms with Gasteiger partial charge in [0.1, 0.15) is 0 Å². The van der Waals surface area contributed by atoms with E-state index in [-0.39, 0.29) is 0 Å². The molecule has 3 atom stereocenters. The molecule has 0 spiro atoms. The summed E-state index contributed by atoms with van der Waals surface area (Å²) >= 11 is 5.92. The molecule has 2 fully saturated rings. The first-order valence-electron chi connectivity index (χ1n) is 6.55. The average Bonchev–Trinajstić information content (AvgIpc) is 2.69. The van der Waals surface area contributed by atoms with Crippen molar-refractivity contribution in [3.05, 3.63) is 34.9 Å². The Kier molecular flexibility index (Phi) is 2.93. The number of halogens is 1. The van der Waals surface area contributed by atoms with Gasteiger partial charge < -0.3 is 0 Å². The van der Waals surface area contributed by atoms with Gasteiger partial charge in [0.05, 0.1) is 0 Å². The molecule has 1 aromatic rings. The third kappa shape index (κ3) is 2.13. The molecule has 2 saturated carbocycles. The lowest BCUT2D eigenvalue weighted by atomic mass is 9.77. The summed E-state index contributed by atoms with van der Waals surface area (Å²) in [6, 6.07) is 8.45. The highest BCUT2D eigenvalue weighted by Crippen LogP contribution is 2.46. The van der Waals surface area contributed by atoms with Crippen molar-refractivity contribution >= 4 is 11.6 Å². The minimum atomic E-state index is 0.855. The Morgan fingerprint density at radius 1 is 1.00 bits per heavy atom. The summed E-state index contributed by atoms with van der Waals surface area (Å²) in [7, 11) is 0. The summed E-state index contributed by atoms with van der Waals surface area (Å²) < 4.78 is 0. The van der Waals surface area contributed by atoms with Crippen LogP contribution in [0.25, 0.3) is 0 Å². The Hall–Kier alpha value is -0.490. The highest BCUT2D eigenvalue weighted by Gasteiger charge is 2.35. The van der Waals surface area contributed by atoms with E-state index in [2.05, 4.69) is 12.1 Å². The van der Waals surface area contributed by atoms with Crippen molar-refractivity contribution < 1.29 is 0 Å². The second kappa shape index (κ2) is 4.41. The summed E-state index contributed by atoms with van der Waals surface area (Å²) in [5.74, 6) is 3.04. The zero-order chi connectivity index (χ0) is 11.0. The number of hydrogen-bond donors (Lipinski definition) is 0. The molecule has 0 amide bonds. The average molecular weight is 235 g/mol. The molecule has 2 aliphatic carbocycles. The van der Waals surface area contributed by atoms with Crippen molar-refractivity contribution in [3.63, 3.8) is 0 Å². The third-order valence-electron chi connectivity index (χ3n) is 4.61. The van der Waals surface area contributed by atoms with Gasteiger partial charge in [-0.1, -0.05) is 36.6 Å². The molecule has 86 valence electrons. The van der Waals surface area contributed by atoms with Crippen LogP contribution in [-0.2, 0) is 6.42 Å². The minimum absolute atomic E-state index is 0.855. The standard InChI is InChI=1S/C15H19Cl/c16-15-7-3-12(4-8-15)10-14-6-2-11-1-5-13(14)9-11/h3-4,7-8,11,13-14H,1-2,5-6,9-10H2. The number of rotatable bonds is 2. The molecule has 0 aromatic heterocycles. The largest absolute Gasteiger partial charge is 0.0843 e. The van der Waals surface area contributed by atoms with Gasteiger partial charge in [0.25, 0.3) is 0 Å². The number of benzene rings is 1. The molecule has 1 heteroatoms. The zero-order valence-corrected chi connectivity index (χ0v) is 10.4. The second-order valence-electron chi connectivity index (χ2n) is 5.61.